The summed E-state index contributed by atoms with van der Waals surface area (Å²) < 4.78 is 107. The van der Waals surface area contributed by atoms with Crippen LogP contribution < -0.4 is 10.2 Å². The Hall–Kier alpha value is -4.62. The molecular weight excluding hydrogens is 621 g/mol. The van der Waals surface area contributed by atoms with Crippen LogP contribution in [0.4, 0.5) is 41.3 Å². The Kier molecular flexibility index (Phi) is 9.97. The van der Waals surface area contributed by atoms with Crippen molar-refractivity contribution in [2.45, 2.75) is 64.7 Å². The van der Waals surface area contributed by atoms with Gasteiger partial charge >= 0.3 is 18.4 Å². The molecule has 1 saturated heterocycles. The lowest BCUT2D eigenvalue weighted by Gasteiger charge is -2.24. The van der Waals surface area contributed by atoms with Crippen LogP contribution in [0.15, 0.2) is 59.7 Å². The van der Waals surface area contributed by atoms with Gasteiger partial charge in [-0.15, -0.1) is 0 Å². The van der Waals surface area contributed by atoms with E-state index in [9.17, 15) is 35.5 Å². The number of pyridine rings is 1. The lowest BCUT2D eigenvalue weighted by atomic mass is 9.94. The van der Waals surface area contributed by atoms with E-state index < -0.39 is 53.1 Å². The molecule has 7 nitrogen and oxygen atoms in total. The maximum absolute atomic E-state index is 14.9. The third kappa shape index (κ3) is 7.43. The molecule has 1 aliphatic heterocycles. The Morgan fingerprint density at radius 1 is 1.04 bits per heavy atom. The second-order valence-corrected chi connectivity index (χ2v) is 10.8. The number of anilines is 1. The van der Waals surface area contributed by atoms with Crippen molar-refractivity contribution in [3.63, 3.8) is 0 Å². The fraction of sp³-hybridized carbons (Fsp3) is 0.344. The predicted molar refractivity (Wildman–Crippen MR) is 158 cm³/mol. The lowest BCUT2D eigenvalue weighted by Crippen LogP contribution is -2.32. The zero-order valence-electron chi connectivity index (χ0n) is 25.4. The molecule has 0 radical (unpaired) electrons. The zero-order valence-corrected chi connectivity index (χ0v) is 25.4. The van der Waals surface area contributed by atoms with Crippen molar-refractivity contribution in [2.75, 3.05) is 12.5 Å². The number of carbonyl (C=O) groups is 1. The number of aromatic nitrogens is 1. The number of carbonyl (C=O) groups excluding carboxylic acids is 1. The molecule has 1 N–H and O–H groups in total. The van der Waals surface area contributed by atoms with Crippen molar-refractivity contribution in [3.8, 4) is 16.9 Å². The van der Waals surface area contributed by atoms with Gasteiger partial charge in [-0.2, -0.15) is 31.4 Å². The number of methoxy groups -OCH3 is 1. The first-order valence-corrected chi connectivity index (χ1v) is 14.1. The number of benzene rings is 2. The molecule has 2 aromatic carbocycles. The number of amides is 1. The van der Waals surface area contributed by atoms with Crippen LogP contribution in [0.3, 0.4) is 0 Å². The van der Waals surface area contributed by atoms with Gasteiger partial charge in [-0.3, -0.25) is 10.3 Å². The molecule has 2 heterocycles. The van der Waals surface area contributed by atoms with E-state index in [1.165, 1.54) is 26.3 Å². The summed E-state index contributed by atoms with van der Waals surface area (Å²) in [5, 5.41) is 4.04. The van der Waals surface area contributed by atoms with Gasteiger partial charge in [0.15, 0.2) is 0 Å². The Morgan fingerprint density at radius 3 is 2.26 bits per heavy atom. The molecule has 246 valence electrons. The third-order valence-corrected chi connectivity index (χ3v) is 7.39. The fourth-order valence-electron chi connectivity index (χ4n) is 5.02. The minimum absolute atomic E-state index is 0.0116. The molecule has 3 aromatic rings. The highest BCUT2D eigenvalue weighted by atomic mass is 19.4. The van der Waals surface area contributed by atoms with Crippen molar-refractivity contribution >= 4 is 18.1 Å². The normalized spacial score (nSPS) is 17.4. The molecule has 4 rings (SSSR count). The van der Waals surface area contributed by atoms with E-state index in [0.29, 0.717) is 28.8 Å². The molecule has 1 amide bonds. The summed E-state index contributed by atoms with van der Waals surface area (Å²) in [7, 11) is 1.36. The molecule has 1 fully saturated rings. The first-order valence-electron chi connectivity index (χ1n) is 14.1. The molecule has 2 atom stereocenters. The van der Waals surface area contributed by atoms with E-state index in [0.717, 1.165) is 4.90 Å². The molecule has 0 bridgehead atoms. The highest BCUT2D eigenvalue weighted by molar-refractivity contribution is 5.76. The van der Waals surface area contributed by atoms with Crippen LogP contribution in [-0.4, -0.2) is 35.3 Å². The average molecular weight is 653 g/mol. The maximum atomic E-state index is 14.9. The van der Waals surface area contributed by atoms with E-state index in [1.54, 1.807) is 37.3 Å². The van der Waals surface area contributed by atoms with Crippen molar-refractivity contribution in [1.29, 1.82) is 0 Å². The summed E-state index contributed by atoms with van der Waals surface area (Å²) in [5.74, 6) is -0.253. The lowest BCUT2D eigenvalue weighted by molar-refractivity contribution is -0.143. The Bertz CT molecular complexity index is 1620. The van der Waals surface area contributed by atoms with Crippen LogP contribution in [-0.2, 0) is 23.6 Å². The SMILES string of the molecule is C/C=C\C=N/Nc1ccc(-c2cc(C(C)C)c(F)cc2OC)c(CN2C(=O)O[C@H](c3cc(C(F)(F)F)cc(C(F)(F)F)c3)[C@@H]2C)n1. The number of rotatable bonds is 9. The minimum atomic E-state index is -5.08. The van der Waals surface area contributed by atoms with Crippen LogP contribution in [0.1, 0.15) is 67.7 Å². The van der Waals surface area contributed by atoms with E-state index in [2.05, 4.69) is 15.5 Å². The first kappa shape index (κ1) is 34.3. The maximum Gasteiger partial charge on any atom is 0.416 e. The van der Waals surface area contributed by atoms with E-state index in [-0.39, 0.29) is 35.8 Å². The predicted octanol–water partition coefficient (Wildman–Crippen LogP) is 9.11. The smallest absolute Gasteiger partial charge is 0.416 e. The molecule has 0 unspecified atom stereocenters. The number of ether oxygens (including phenoxy) is 2. The quantitative estimate of drug-likeness (QED) is 0.142. The van der Waals surface area contributed by atoms with Crippen molar-refractivity contribution < 1.29 is 45.0 Å². The first-order chi connectivity index (χ1) is 21.5. The number of alkyl halides is 6. The van der Waals surface area contributed by atoms with Crippen molar-refractivity contribution in [2.24, 2.45) is 5.10 Å². The molecule has 0 aliphatic carbocycles. The summed E-state index contributed by atoms with van der Waals surface area (Å²) in [6.07, 6.45) is -7.70. The number of hydrogen-bond donors (Lipinski definition) is 1. The summed E-state index contributed by atoms with van der Waals surface area (Å²) in [6, 6.07) is 6.17. The second-order valence-electron chi connectivity index (χ2n) is 10.8. The van der Waals surface area contributed by atoms with Crippen LogP contribution in [0, 0.1) is 5.82 Å². The topological polar surface area (TPSA) is 76.1 Å². The summed E-state index contributed by atoms with van der Waals surface area (Å²) in [4.78, 5) is 18.9. The third-order valence-electron chi connectivity index (χ3n) is 7.39. The van der Waals surface area contributed by atoms with E-state index >= 15 is 0 Å². The van der Waals surface area contributed by atoms with E-state index in [4.69, 9.17) is 9.47 Å². The molecule has 1 aromatic heterocycles. The van der Waals surface area contributed by atoms with Gasteiger partial charge in [0.2, 0.25) is 0 Å². The Labute approximate surface area is 260 Å². The number of halogens is 7. The van der Waals surface area contributed by atoms with E-state index in [1.807, 2.05) is 13.8 Å². The van der Waals surface area contributed by atoms with Gasteiger partial charge < -0.3 is 9.47 Å². The van der Waals surface area contributed by atoms with Gasteiger partial charge in [0.05, 0.1) is 36.5 Å². The monoisotopic (exact) mass is 652 g/mol. The minimum Gasteiger partial charge on any atom is -0.496 e. The molecule has 46 heavy (non-hydrogen) atoms. The fourth-order valence-corrected chi connectivity index (χ4v) is 5.02. The number of cyclic esters (lactones) is 1. The molecule has 0 saturated carbocycles. The van der Waals surface area contributed by atoms with Gasteiger partial charge in [0.25, 0.3) is 0 Å². The second kappa shape index (κ2) is 13.4. The number of allylic oxidation sites excluding steroid dienone is 2. The summed E-state index contributed by atoms with van der Waals surface area (Å²) in [6.45, 7) is 6.59. The number of nitrogens with one attached hydrogen (secondary N) is 1. The summed E-state index contributed by atoms with van der Waals surface area (Å²) >= 11 is 0. The van der Waals surface area contributed by atoms with Crippen LogP contribution in [0.2, 0.25) is 0 Å². The highest BCUT2D eigenvalue weighted by Crippen LogP contribution is 2.42. The van der Waals surface area contributed by atoms with Gasteiger partial charge in [0.1, 0.15) is 23.5 Å². The van der Waals surface area contributed by atoms with Crippen molar-refractivity contribution in [3.05, 3.63) is 88.4 Å². The highest BCUT2D eigenvalue weighted by Gasteiger charge is 2.43. The Balaban J connectivity index is 1.79. The van der Waals surface area contributed by atoms with Gasteiger partial charge in [-0.05, 0) is 73.4 Å². The summed E-state index contributed by atoms with van der Waals surface area (Å²) in [5.41, 5.74) is 0.761. The molecule has 14 heteroatoms. The molecule has 0 spiro atoms. The van der Waals surface area contributed by atoms with Gasteiger partial charge in [-0.1, -0.05) is 19.9 Å². The standard InChI is InChI=1S/C32H31F7N4O3/c1-6-7-10-40-42-28-9-8-22(24-14-23(17(2)3)25(33)15-27(24)45-5)26(41-28)16-43-18(4)29(46-30(43)44)19-11-20(31(34,35)36)13-21(12-19)32(37,38)39/h6-15,17-18,29H,16H2,1-5H3,(H,41,42)/b7-6-,40-10-/t18-,29-/m0/s1. The molecular formula is C32H31F7N4O3. The largest absolute Gasteiger partial charge is 0.496 e. The number of nitrogens with zero attached hydrogens (tertiary/aromatic N) is 3. The zero-order chi connectivity index (χ0) is 34.0. The average Bonchev–Trinajstić information content (AvgIpc) is 3.26. The van der Waals surface area contributed by atoms with Gasteiger partial charge in [0, 0.05) is 23.4 Å². The van der Waals surface area contributed by atoms with Crippen LogP contribution in [0.25, 0.3) is 11.1 Å². The van der Waals surface area contributed by atoms with Crippen LogP contribution >= 0.6 is 0 Å². The number of hydrazone groups is 1. The molecule has 1 aliphatic rings. The van der Waals surface area contributed by atoms with Crippen molar-refractivity contribution in [1.82, 2.24) is 9.88 Å². The Morgan fingerprint density at radius 2 is 1.70 bits per heavy atom. The van der Waals surface area contributed by atoms with Crippen LogP contribution in [0.5, 0.6) is 5.75 Å². The van der Waals surface area contributed by atoms with Gasteiger partial charge in [-0.25, -0.2) is 14.2 Å². The number of hydrogen-bond acceptors (Lipinski definition) is 6.